The minimum absolute atomic E-state index is 0.100. The highest BCUT2D eigenvalue weighted by Crippen LogP contribution is 2.34. The molecule has 0 aliphatic heterocycles. The molecule has 0 bridgehead atoms. The Morgan fingerprint density at radius 3 is 2.75 bits per heavy atom. The van der Waals surface area contributed by atoms with Crippen LogP contribution in [0.15, 0.2) is 6.07 Å². The molecule has 2 rings (SSSR count). The molecule has 0 radical (unpaired) electrons. The van der Waals surface area contributed by atoms with E-state index in [4.69, 9.17) is 10.5 Å². The molecule has 4 N–H and O–H groups in total. The summed E-state index contributed by atoms with van der Waals surface area (Å²) in [6.07, 6.45) is 4.10. The van der Waals surface area contributed by atoms with Crippen molar-refractivity contribution in [2.45, 2.75) is 44.8 Å². The Kier molecular flexibility index (Phi) is 4.77. The molecular formula is C14H24N4O2. The van der Waals surface area contributed by atoms with E-state index in [1.165, 1.54) is 0 Å². The Balaban J connectivity index is 2.14. The maximum atomic E-state index is 9.77. The number of aliphatic hydroxyl groups is 1. The molecular weight excluding hydrogens is 256 g/mol. The summed E-state index contributed by atoms with van der Waals surface area (Å²) in [5, 5.41) is 13.1. The molecule has 0 atom stereocenters. The molecule has 0 spiro atoms. The molecule has 6 nitrogen and oxygen atoms in total. The van der Waals surface area contributed by atoms with Gasteiger partial charge in [0.25, 0.3) is 0 Å². The first kappa shape index (κ1) is 15.0. The summed E-state index contributed by atoms with van der Waals surface area (Å²) in [7, 11) is 1.59. The fourth-order valence-electron chi connectivity index (χ4n) is 2.68. The normalized spacial score (nSPS) is 26.4. The van der Waals surface area contributed by atoms with E-state index in [1.807, 2.05) is 0 Å². The van der Waals surface area contributed by atoms with Crippen LogP contribution in [-0.4, -0.2) is 34.3 Å². The highest BCUT2D eigenvalue weighted by atomic mass is 16.5. The van der Waals surface area contributed by atoms with Crippen LogP contribution in [0.25, 0.3) is 0 Å². The summed E-state index contributed by atoms with van der Waals surface area (Å²) in [6, 6.07) is 1.70. The number of nitrogens with one attached hydrogen (secondary N) is 1. The van der Waals surface area contributed by atoms with E-state index in [2.05, 4.69) is 22.2 Å². The molecule has 1 heterocycles. The smallest absolute Gasteiger partial charge is 0.158 e. The van der Waals surface area contributed by atoms with E-state index < -0.39 is 0 Å². The van der Waals surface area contributed by atoms with Gasteiger partial charge in [-0.05, 0) is 31.6 Å². The molecule has 112 valence electrons. The predicted octanol–water partition coefficient (Wildman–Crippen LogP) is 1.56. The molecule has 0 amide bonds. The van der Waals surface area contributed by atoms with Crippen LogP contribution in [-0.2, 0) is 11.3 Å². The van der Waals surface area contributed by atoms with Crippen molar-refractivity contribution in [2.75, 3.05) is 24.8 Å². The maximum Gasteiger partial charge on any atom is 0.158 e. The lowest BCUT2D eigenvalue weighted by molar-refractivity contribution is 0.154. The van der Waals surface area contributed by atoms with Gasteiger partial charge in [-0.1, -0.05) is 6.92 Å². The zero-order valence-electron chi connectivity index (χ0n) is 12.2. The van der Waals surface area contributed by atoms with Gasteiger partial charge in [0.2, 0.25) is 0 Å². The Labute approximate surface area is 119 Å². The Morgan fingerprint density at radius 1 is 1.45 bits per heavy atom. The van der Waals surface area contributed by atoms with Gasteiger partial charge < -0.3 is 20.9 Å². The Morgan fingerprint density at radius 2 is 2.15 bits per heavy atom. The summed E-state index contributed by atoms with van der Waals surface area (Å²) < 4.78 is 5.04. The number of rotatable bonds is 5. The number of aliphatic hydroxyl groups excluding tert-OH is 1. The maximum absolute atomic E-state index is 9.77. The first-order valence-electron chi connectivity index (χ1n) is 7.08. The SMILES string of the molecule is COCc1nc(N)cc(NC2(CO)CCC(C)CC2)n1. The first-order chi connectivity index (χ1) is 9.57. The quantitative estimate of drug-likeness (QED) is 0.758. The van der Waals surface area contributed by atoms with Crippen LogP contribution in [0, 0.1) is 5.92 Å². The highest BCUT2D eigenvalue weighted by Gasteiger charge is 2.34. The molecule has 1 aliphatic carbocycles. The van der Waals surface area contributed by atoms with E-state index in [0.29, 0.717) is 24.1 Å². The third-order valence-electron chi connectivity index (χ3n) is 3.99. The molecule has 1 aliphatic rings. The monoisotopic (exact) mass is 280 g/mol. The van der Waals surface area contributed by atoms with Crippen LogP contribution < -0.4 is 11.1 Å². The number of anilines is 2. The number of aromatic nitrogens is 2. The van der Waals surface area contributed by atoms with Gasteiger partial charge >= 0.3 is 0 Å². The topological polar surface area (TPSA) is 93.3 Å². The van der Waals surface area contributed by atoms with Crippen molar-refractivity contribution in [3.63, 3.8) is 0 Å². The van der Waals surface area contributed by atoms with Crippen LogP contribution in [0.5, 0.6) is 0 Å². The first-order valence-corrected chi connectivity index (χ1v) is 7.08. The average Bonchev–Trinajstić information content (AvgIpc) is 2.41. The van der Waals surface area contributed by atoms with Crippen molar-refractivity contribution in [3.8, 4) is 0 Å². The van der Waals surface area contributed by atoms with E-state index in [1.54, 1.807) is 13.2 Å². The van der Waals surface area contributed by atoms with Crippen LogP contribution in [0.3, 0.4) is 0 Å². The summed E-state index contributed by atoms with van der Waals surface area (Å²) in [6.45, 7) is 2.67. The van der Waals surface area contributed by atoms with Crippen molar-refractivity contribution in [1.29, 1.82) is 0 Å². The second-order valence-corrected chi connectivity index (χ2v) is 5.77. The van der Waals surface area contributed by atoms with Crippen LogP contribution in [0.1, 0.15) is 38.4 Å². The molecule has 0 saturated heterocycles. The second-order valence-electron chi connectivity index (χ2n) is 5.77. The summed E-state index contributed by atoms with van der Waals surface area (Å²) in [4.78, 5) is 8.51. The van der Waals surface area contributed by atoms with Gasteiger partial charge in [-0.15, -0.1) is 0 Å². The van der Waals surface area contributed by atoms with E-state index in [-0.39, 0.29) is 12.1 Å². The molecule has 1 fully saturated rings. The van der Waals surface area contributed by atoms with Crippen molar-refractivity contribution >= 4 is 11.6 Å². The Hall–Kier alpha value is -1.40. The minimum atomic E-state index is -0.294. The average molecular weight is 280 g/mol. The van der Waals surface area contributed by atoms with E-state index in [9.17, 15) is 5.11 Å². The Bertz CT molecular complexity index is 445. The van der Waals surface area contributed by atoms with Gasteiger partial charge in [0.15, 0.2) is 5.82 Å². The number of methoxy groups -OCH3 is 1. The molecule has 1 aromatic rings. The van der Waals surface area contributed by atoms with Crippen LogP contribution in [0.2, 0.25) is 0 Å². The summed E-state index contributed by atoms with van der Waals surface area (Å²) in [5.74, 6) is 2.34. The molecule has 0 unspecified atom stereocenters. The largest absolute Gasteiger partial charge is 0.394 e. The number of nitrogens with zero attached hydrogens (tertiary/aromatic N) is 2. The lowest BCUT2D eigenvalue weighted by Gasteiger charge is -2.39. The van der Waals surface area contributed by atoms with Gasteiger partial charge in [-0.2, -0.15) is 0 Å². The lowest BCUT2D eigenvalue weighted by atomic mass is 9.77. The second kappa shape index (κ2) is 6.37. The highest BCUT2D eigenvalue weighted by molar-refractivity contribution is 5.46. The fraction of sp³-hybridized carbons (Fsp3) is 0.714. The standard InChI is InChI=1S/C14H24N4O2/c1-10-3-5-14(9-19,6-4-10)18-12-7-11(15)16-13(17-12)8-20-2/h7,10,19H,3-6,8-9H2,1-2H3,(H3,15,16,17,18). The molecule has 0 aromatic carbocycles. The molecule has 6 heteroatoms. The van der Waals surface area contributed by atoms with Gasteiger partial charge in [-0.3, -0.25) is 0 Å². The van der Waals surface area contributed by atoms with Crippen LogP contribution in [0.4, 0.5) is 11.6 Å². The fourth-order valence-corrected chi connectivity index (χ4v) is 2.68. The lowest BCUT2D eigenvalue weighted by Crippen LogP contribution is -2.45. The number of nitrogens with two attached hydrogens (primary N) is 1. The number of nitrogen functional groups attached to an aromatic ring is 1. The van der Waals surface area contributed by atoms with Gasteiger partial charge in [0, 0.05) is 13.2 Å². The number of hydrogen-bond acceptors (Lipinski definition) is 6. The van der Waals surface area contributed by atoms with Crippen molar-refractivity contribution in [2.24, 2.45) is 5.92 Å². The minimum Gasteiger partial charge on any atom is -0.394 e. The van der Waals surface area contributed by atoms with Crippen LogP contribution >= 0.6 is 0 Å². The predicted molar refractivity (Wildman–Crippen MR) is 78.2 cm³/mol. The van der Waals surface area contributed by atoms with Crippen molar-refractivity contribution in [1.82, 2.24) is 9.97 Å². The summed E-state index contributed by atoms with van der Waals surface area (Å²) in [5.41, 5.74) is 5.50. The van der Waals surface area contributed by atoms with Gasteiger partial charge in [0.1, 0.15) is 18.2 Å². The third-order valence-corrected chi connectivity index (χ3v) is 3.99. The molecule has 1 aromatic heterocycles. The number of ether oxygens (including phenoxy) is 1. The van der Waals surface area contributed by atoms with E-state index in [0.717, 1.165) is 31.6 Å². The van der Waals surface area contributed by atoms with Gasteiger partial charge in [-0.25, -0.2) is 9.97 Å². The third kappa shape index (κ3) is 3.58. The number of hydrogen-bond donors (Lipinski definition) is 3. The van der Waals surface area contributed by atoms with E-state index >= 15 is 0 Å². The summed E-state index contributed by atoms with van der Waals surface area (Å²) >= 11 is 0. The zero-order valence-corrected chi connectivity index (χ0v) is 12.2. The molecule has 1 saturated carbocycles. The van der Waals surface area contributed by atoms with Crippen molar-refractivity contribution in [3.05, 3.63) is 11.9 Å². The molecule has 20 heavy (non-hydrogen) atoms. The van der Waals surface area contributed by atoms with Crippen molar-refractivity contribution < 1.29 is 9.84 Å². The van der Waals surface area contributed by atoms with Gasteiger partial charge in [0.05, 0.1) is 12.1 Å². The zero-order chi connectivity index (χ0) is 14.6.